The molecule has 0 amide bonds. The van der Waals surface area contributed by atoms with Gasteiger partial charge in [0.1, 0.15) is 0 Å². The number of likely N-dealkylation sites (N-methyl/N-ethyl adjacent to an activating group) is 1. The van der Waals surface area contributed by atoms with Crippen molar-refractivity contribution in [2.75, 3.05) is 26.7 Å². The molecule has 1 aliphatic heterocycles. The highest BCUT2D eigenvalue weighted by molar-refractivity contribution is 4.79. The van der Waals surface area contributed by atoms with Gasteiger partial charge in [-0.25, -0.2) is 0 Å². The van der Waals surface area contributed by atoms with Gasteiger partial charge in [0.05, 0.1) is 0 Å². The Bertz CT molecular complexity index is 143. The summed E-state index contributed by atoms with van der Waals surface area (Å²) in [5.74, 6) is 0. The number of hydrogen-bond acceptors (Lipinski definition) is 2. The van der Waals surface area contributed by atoms with E-state index >= 15 is 0 Å². The lowest BCUT2D eigenvalue weighted by atomic mass is 9.92. The average Bonchev–Trinajstić information content (AvgIpc) is 2.50. The molecule has 1 atom stereocenters. The molecule has 1 heterocycles. The summed E-state index contributed by atoms with van der Waals surface area (Å²) in [4.78, 5) is 2.51. The van der Waals surface area contributed by atoms with Crippen LogP contribution in [-0.2, 0) is 0 Å². The van der Waals surface area contributed by atoms with E-state index in [0.717, 1.165) is 6.04 Å². The van der Waals surface area contributed by atoms with Crippen molar-refractivity contribution in [3.63, 3.8) is 0 Å². The molecule has 1 aliphatic rings. The molecule has 1 fully saturated rings. The number of hydrogen-bond donors (Lipinski definition) is 1. The van der Waals surface area contributed by atoms with Gasteiger partial charge >= 0.3 is 0 Å². The third kappa shape index (κ3) is 4.10. The van der Waals surface area contributed by atoms with Crippen LogP contribution in [0.4, 0.5) is 0 Å². The third-order valence-electron chi connectivity index (χ3n) is 2.87. The van der Waals surface area contributed by atoms with E-state index in [1.807, 2.05) is 0 Å². The van der Waals surface area contributed by atoms with Crippen molar-refractivity contribution in [3.05, 3.63) is 0 Å². The zero-order chi connectivity index (χ0) is 9.90. The lowest BCUT2D eigenvalue weighted by molar-refractivity contribution is 0.216. The SMILES string of the molecule is CN(CCC(C)(C)C)C1CCNC1. The van der Waals surface area contributed by atoms with Crippen LogP contribution >= 0.6 is 0 Å². The van der Waals surface area contributed by atoms with Crippen molar-refractivity contribution in [1.29, 1.82) is 0 Å². The second-order valence-electron chi connectivity index (χ2n) is 5.44. The molecular formula is C11H24N2. The van der Waals surface area contributed by atoms with E-state index in [1.165, 1.54) is 32.5 Å². The standard InChI is InChI=1S/C11H24N2/c1-11(2,3)6-8-13(4)10-5-7-12-9-10/h10,12H,5-9H2,1-4H3. The number of nitrogens with one attached hydrogen (secondary N) is 1. The van der Waals surface area contributed by atoms with Gasteiger partial charge in [0, 0.05) is 12.6 Å². The van der Waals surface area contributed by atoms with Crippen molar-refractivity contribution in [3.8, 4) is 0 Å². The van der Waals surface area contributed by atoms with Crippen LogP contribution in [0.5, 0.6) is 0 Å². The second kappa shape index (κ2) is 4.43. The fraction of sp³-hybridized carbons (Fsp3) is 1.00. The first kappa shape index (κ1) is 11.0. The van der Waals surface area contributed by atoms with Crippen molar-refractivity contribution in [2.45, 2.75) is 39.7 Å². The Balaban J connectivity index is 2.20. The Hall–Kier alpha value is -0.0800. The zero-order valence-electron chi connectivity index (χ0n) is 9.56. The summed E-state index contributed by atoms with van der Waals surface area (Å²) in [6, 6.07) is 0.780. The summed E-state index contributed by atoms with van der Waals surface area (Å²) >= 11 is 0. The van der Waals surface area contributed by atoms with Gasteiger partial charge in [-0.1, -0.05) is 20.8 Å². The highest BCUT2D eigenvalue weighted by Crippen LogP contribution is 2.19. The molecule has 1 unspecified atom stereocenters. The van der Waals surface area contributed by atoms with Crippen LogP contribution in [0, 0.1) is 5.41 Å². The van der Waals surface area contributed by atoms with Crippen molar-refractivity contribution in [1.82, 2.24) is 10.2 Å². The predicted molar refractivity (Wildman–Crippen MR) is 58.0 cm³/mol. The van der Waals surface area contributed by atoms with Gasteiger partial charge < -0.3 is 10.2 Å². The van der Waals surface area contributed by atoms with Crippen molar-refractivity contribution >= 4 is 0 Å². The maximum absolute atomic E-state index is 3.41. The van der Waals surface area contributed by atoms with E-state index in [4.69, 9.17) is 0 Å². The largest absolute Gasteiger partial charge is 0.315 e. The molecule has 2 heteroatoms. The normalized spacial score (nSPS) is 24.2. The molecule has 78 valence electrons. The van der Waals surface area contributed by atoms with Gasteiger partial charge in [-0.3, -0.25) is 0 Å². The van der Waals surface area contributed by atoms with Gasteiger partial charge in [-0.05, 0) is 38.4 Å². The van der Waals surface area contributed by atoms with Crippen molar-refractivity contribution < 1.29 is 0 Å². The van der Waals surface area contributed by atoms with Crippen LogP contribution in [0.15, 0.2) is 0 Å². The summed E-state index contributed by atoms with van der Waals surface area (Å²) in [6.45, 7) is 10.6. The van der Waals surface area contributed by atoms with Gasteiger partial charge in [-0.2, -0.15) is 0 Å². The van der Waals surface area contributed by atoms with Crippen LogP contribution in [0.1, 0.15) is 33.6 Å². The Morgan fingerprint density at radius 3 is 2.54 bits per heavy atom. The average molecular weight is 184 g/mol. The first-order chi connectivity index (χ1) is 5.99. The molecule has 0 aliphatic carbocycles. The van der Waals surface area contributed by atoms with Crippen molar-refractivity contribution in [2.24, 2.45) is 5.41 Å². The monoisotopic (exact) mass is 184 g/mol. The molecule has 0 spiro atoms. The molecule has 1 saturated heterocycles. The lowest BCUT2D eigenvalue weighted by Crippen LogP contribution is -2.35. The van der Waals surface area contributed by atoms with Gasteiger partial charge in [0.25, 0.3) is 0 Å². The topological polar surface area (TPSA) is 15.3 Å². The molecule has 0 aromatic rings. The fourth-order valence-corrected chi connectivity index (χ4v) is 1.71. The summed E-state index contributed by atoms with van der Waals surface area (Å²) in [5.41, 5.74) is 0.473. The first-order valence-electron chi connectivity index (χ1n) is 5.40. The number of nitrogens with zero attached hydrogens (tertiary/aromatic N) is 1. The van der Waals surface area contributed by atoms with Crippen LogP contribution in [0.25, 0.3) is 0 Å². The van der Waals surface area contributed by atoms with E-state index in [1.54, 1.807) is 0 Å². The minimum absolute atomic E-state index is 0.473. The van der Waals surface area contributed by atoms with E-state index in [9.17, 15) is 0 Å². The highest BCUT2D eigenvalue weighted by atomic mass is 15.2. The lowest BCUT2D eigenvalue weighted by Gasteiger charge is -2.27. The molecule has 13 heavy (non-hydrogen) atoms. The summed E-state index contributed by atoms with van der Waals surface area (Å²) < 4.78 is 0. The van der Waals surface area contributed by atoms with Crippen LogP contribution < -0.4 is 5.32 Å². The maximum atomic E-state index is 3.41. The molecule has 0 saturated carbocycles. The van der Waals surface area contributed by atoms with Gasteiger partial charge in [0.15, 0.2) is 0 Å². The molecule has 2 nitrogen and oxygen atoms in total. The second-order valence-corrected chi connectivity index (χ2v) is 5.44. The first-order valence-corrected chi connectivity index (χ1v) is 5.40. The molecule has 1 N–H and O–H groups in total. The Morgan fingerprint density at radius 1 is 1.38 bits per heavy atom. The zero-order valence-corrected chi connectivity index (χ0v) is 9.56. The van der Waals surface area contributed by atoms with Crippen LogP contribution in [-0.4, -0.2) is 37.6 Å². The van der Waals surface area contributed by atoms with E-state index in [2.05, 4.69) is 38.0 Å². The van der Waals surface area contributed by atoms with E-state index in [0.29, 0.717) is 5.41 Å². The molecule has 0 aromatic heterocycles. The van der Waals surface area contributed by atoms with Crippen LogP contribution in [0.3, 0.4) is 0 Å². The Morgan fingerprint density at radius 2 is 2.08 bits per heavy atom. The minimum Gasteiger partial charge on any atom is -0.315 e. The molecule has 1 rings (SSSR count). The van der Waals surface area contributed by atoms with E-state index < -0.39 is 0 Å². The van der Waals surface area contributed by atoms with E-state index in [-0.39, 0.29) is 0 Å². The number of rotatable bonds is 3. The third-order valence-corrected chi connectivity index (χ3v) is 2.87. The van der Waals surface area contributed by atoms with Gasteiger partial charge in [0.2, 0.25) is 0 Å². The minimum atomic E-state index is 0.473. The fourth-order valence-electron chi connectivity index (χ4n) is 1.71. The quantitative estimate of drug-likeness (QED) is 0.718. The molecular weight excluding hydrogens is 160 g/mol. The molecule has 0 radical (unpaired) electrons. The van der Waals surface area contributed by atoms with Crippen LogP contribution in [0.2, 0.25) is 0 Å². The maximum Gasteiger partial charge on any atom is 0.0229 e. The van der Waals surface area contributed by atoms with Gasteiger partial charge in [-0.15, -0.1) is 0 Å². The highest BCUT2D eigenvalue weighted by Gasteiger charge is 2.20. The molecule has 0 bridgehead atoms. The molecule has 0 aromatic carbocycles. The Kier molecular flexibility index (Phi) is 3.74. The Labute approximate surface area is 82.7 Å². The predicted octanol–water partition coefficient (Wildman–Crippen LogP) is 1.72. The summed E-state index contributed by atoms with van der Waals surface area (Å²) in [6.07, 6.45) is 2.61. The smallest absolute Gasteiger partial charge is 0.0229 e. The summed E-state index contributed by atoms with van der Waals surface area (Å²) in [5, 5.41) is 3.41. The summed E-state index contributed by atoms with van der Waals surface area (Å²) in [7, 11) is 2.25.